The number of benzene rings is 2. The van der Waals surface area contributed by atoms with Gasteiger partial charge in [0.05, 0.1) is 12.3 Å². The summed E-state index contributed by atoms with van der Waals surface area (Å²) in [6.07, 6.45) is 0.0800. The number of amidine groups is 1. The van der Waals surface area contributed by atoms with Crippen molar-refractivity contribution in [2.24, 2.45) is 4.99 Å². The maximum atomic E-state index is 12.3. The van der Waals surface area contributed by atoms with Crippen LogP contribution >= 0.6 is 11.8 Å². The van der Waals surface area contributed by atoms with Crippen LogP contribution in [0, 0.1) is 6.92 Å². The number of amides is 2. The molecule has 0 spiro atoms. The third-order valence-corrected chi connectivity index (χ3v) is 4.94. The summed E-state index contributed by atoms with van der Waals surface area (Å²) in [5, 5.41) is 5.56. The predicted octanol–water partition coefficient (Wildman–Crippen LogP) is 3.64. The summed E-state index contributed by atoms with van der Waals surface area (Å²) < 4.78 is 5.37. The van der Waals surface area contributed by atoms with Crippen LogP contribution in [0.4, 0.5) is 11.4 Å². The molecule has 7 heteroatoms. The van der Waals surface area contributed by atoms with Crippen LogP contribution in [0.3, 0.4) is 0 Å². The predicted molar refractivity (Wildman–Crippen MR) is 109 cm³/mol. The zero-order chi connectivity index (χ0) is 19.2. The van der Waals surface area contributed by atoms with Gasteiger partial charge in [-0.05, 0) is 50.2 Å². The number of rotatable bonds is 6. The molecule has 0 saturated carbocycles. The summed E-state index contributed by atoms with van der Waals surface area (Å²) in [5.74, 6) is 0.328. The van der Waals surface area contributed by atoms with E-state index in [2.05, 4.69) is 15.6 Å². The molecule has 27 heavy (non-hydrogen) atoms. The van der Waals surface area contributed by atoms with Gasteiger partial charge in [0.15, 0.2) is 5.17 Å². The number of nitrogens with zero attached hydrogens (tertiary/aromatic N) is 1. The van der Waals surface area contributed by atoms with Crippen LogP contribution in [0.1, 0.15) is 18.9 Å². The number of thioether (sulfide) groups is 1. The van der Waals surface area contributed by atoms with E-state index in [0.717, 1.165) is 17.0 Å². The Kier molecular flexibility index (Phi) is 6.13. The van der Waals surface area contributed by atoms with E-state index in [1.54, 1.807) is 24.3 Å². The molecule has 0 bridgehead atoms. The van der Waals surface area contributed by atoms with Crippen LogP contribution in [-0.4, -0.2) is 28.8 Å². The average molecular weight is 383 g/mol. The minimum Gasteiger partial charge on any atom is -0.494 e. The van der Waals surface area contributed by atoms with Crippen molar-refractivity contribution in [3.8, 4) is 5.75 Å². The molecule has 1 atom stereocenters. The van der Waals surface area contributed by atoms with Gasteiger partial charge in [0, 0.05) is 12.1 Å². The largest absolute Gasteiger partial charge is 0.494 e. The van der Waals surface area contributed by atoms with Gasteiger partial charge in [-0.2, -0.15) is 0 Å². The lowest BCUT2D eigenvalue weighted by atomic mass is 10.2. The molecule has 0 aromatic heterocycles. The number of hydrogen-bond donors (Lipinski definition) is 2. The second-order valence-corrected chi connectivity index (χ2v) is 7.25. The van der Waals surface area contributed by atoms with E-state index in [1.807, 2.05) is 38.1 Å². The van der Waals surface area contributed by atoms with Crippen molar-refractivity contribution in [2.45, 2.75) is 25.5 Å². The number of aliphatic imine (C=N–C) groups is 1. The SMILES string of the molecule is CCOc1ccc(NC(=O)C[C@@H]2SC(=Nc3ccc(C)cc3)NC2=O)cc1. The summed E-state index contributed by atoms with van der Waals surface area (Å²) in [5.41, 5.74) is 2.58. The fourth-order valence-corrected chi connectivity index (χ4v) is 3.50. The maximum absolute atomic E-state index is 12.3. The van der Waals surface area contributed by atoms with E-state index >= 15 is 0 Å². The quantitative estimate of drug-likeness (QED) is 0.798. The highest BCUT2D eigenvalue weighted by Gasteiger charge is 2.32. The zero-order valence-electron chi connectivity index (χ0n) is 15.2. The Hall–Kier alpha value is -2.80. The van der Waals surface area contributed by atoms with Gasteiger partial charge in [0.1, 0.15) is 11.0 Å². The number of aryl methyl sites for hydroxylation is 1. The van der Waals surface area contributed by atoms with Gasteiger partial charge in [-0.3, -0.25) is 9.59 Å². The van der Waals surface area contributed by atoms with Gasteiger partial charge >= 0.3 is 0 Å². The third-order valence-electron chi connectivity index (χ3n) is 3.86. The smallest absolute Gasteiger partial charge is 0.240 e. The van der Waals surface area contributed by atoms with Crippen molar-refractivity contribution in [1.29, 1.82) is 0 Å². The van der Waals surface area contributed by atoms with Crippen molar-refractivity contribution in [3.63, 3.8) is 0 Å². The van der Waals surface area contributed by atoms with Crippen molar-refractivity contribution >= 4 is 40.1 Å². The number of hydrogen-bond acceptors (Lipinski definition) is 5. The molecule has 2 aromatic rings. The maximum Gasteiger partial charge on any atom is 0.240 e. The second-order valence-electron chi connectivity index (χ2n) is 6.06. The van der Waals surface area contributed by atoms with Crippen LogP contribution in [0.5, 0.6) is 5.75 Å². The van der Waals surface area contributed by atoms with Crippen LogP contribution < -0.4 is 15.4 Å². The van der Waals surface area contributed by atoms with E-state index in [-0.39, 0.29) is 18.2 Å². The summed E-state index contributed by atoms with van der Waals surface area (Å²) >= 11 is 1.27. The Morgan fingerprint density at radius 1 is 1.19 bits per heavy atom. The number of carbonyl (C=O) groups excluding carboxylic acids is 2. The van der Waals surface area contributed by atoms with Gasteiger partial charge in [-0.1, -0.05) is 29.5 Å². The van der Waals surface area contributed by atoms with Gasteiger partial charge in [0.25, 0.3) is 0 Å². The molecule has 2 N–H and O–H groups in total. The Morgan fingerprint density at radius 3 is 2.56 bits per heavy atom. The summed E-state index contributed by atoms with van der Waals surface area (Å²) in [4.78, 5) is 28.8. The van der Waals surface area contributed by atoms with Crippen LogP contribution in [0.25, 0.3) is 0 Å². The Bertz CT molecular complexity index is 848. The van der Waals surface area contributed by atoms with E-state index in [1.165, 1.54) is 11.8 Å². The standard InChI is InChI=1S/C20H21N3O3S/c1-3-26-16-10-8-14(9-11-16)21-18(24)12-17-19(25)23-20(27-17)22-15-6-4-13(2)5-7-15/h4-11,17H,3,12H2,1-2H3,(H,21,24)(H,22,23,25)/t17-/m0/s1. The highest BCUT2D eigenvalue weighted by molar-refractivity contribution is 8.15. The first-order valence-electron chi connectivity index (χ1n) is 8.69. The minimum absolute atomic E-state index is 0.0800. The molecule has 1 saturated heterocycles. The van der Waals surface area contributed by atoms with Gasteiger partial charge in [-0.15, -0.1) is 0 Å². The fraction of sp³-hybridized carbons (Fsp3) is 0.250. The van der Waals surface area contributed by atoms with Crippen molar-refractivity contribution in [1.82, 2.24) is 5.32 Å². The highest BCUT2D eigenvalue weighted by Crippen LogP contribution is 2.26. The topological polar surface area (TPSA) is 79.8 Å². The number of carbonyl (C=O) groups is 2. The lowest BCUT2D eigenvalue weighted by Crippen LogP contribution is -2.28. The van der Waals surface area contributed by atoms with Crippen LogP contribution in [-0.2, 0) is 9.59 Å². The van der Waals surface area contributed by atoms with Gasteiger partial charge in [-0.25, -0.2) is 4.99 Å². The molecule has 1 aliphatic heterocycles. The average Bonchev–Trinajstić information content (AvgIpc) is 2.98. The van der Waals surface area contributed by atoms with Crippen molar-refractivity contribution < 1.29 is 14.3 Å². The normalized spacial score (nSPS) is 17.6. The Balaban J connectivity index is 1.56. The molecule has 0 radical (unpaired) electrons. The molecular formula is C20H21N3O3S. The third kappa shape index (κ3) is 5.34. The van der Waals surface area contributed by atoms with Crippen molar-refractivity contribution in [2.75, 3.05) is 11.9 Å². The number of anilines is 1. The monoisotopic (exact) mass is 383 g/mol. The van der Waals surface area contributed by atoms with Crippen molar-refractivity contribution in [3.05, 3.63) is 54.1 Å². The minimum atomic E-state index is -0.489. The molecule has 2 amide bonds. The molecule has 6 nitrogen and oxygen atoms in total. The molecule has 0 aliphatic carbocycles. The molecule has 2 aromatic carbocycles. The fourth-order valence-electron chi connectivity index (χ4n) is 2.51. The highest BCUT2D eigenvalue weighted by atomic mass is 32.2. The molecule has 140 valence electrons. The van der Waals surface area contributed by atoms with E-state index in [9.17, 15) is 9.59 Å². The first-order chi connectivity index (χ1) is 13.0. The molecule has 3 rings (SSSR count). The Morgan fingerprint density at radius 2 is 1.89 bits per heavy atom. The summed E-state index contributed by atoms with van der Waals surface area (Å²) in [6, 6.07) is 14.8. The van der Waals surface area contributed by atoms with E-state index in [0.29, 0.717) is 17.5 Å². The van der Waals surface area contributed by atoms with E-state index < -0.39 is 5.25 Å². The van der Waals surface area contributed by atoms with Crippen LogP contribution in [0.15, 0.2) is 53.5 Å². The number of ether oxygens (including phenoxy) is 1. The van der Waals surface area contributed by atoms with Crippen LogP contribution in [0.2, 0.25) is 0 Å². The van der Waals surface area contributed by atoms with Gasteiger partial charge in [0.2, 0.25) is 11.8 Å². The first-order valence-corrected chi connectivity index (χ1v) is 9.57. The molecule has 1 aliphatic rings. The second kappa shape index (κ2) is 8.73. The lowest BCUT2D eigenvalue weighted by Gasteiger charge is -2.08. The van der Waals surface area contributed by atoms with Gasteiger partial charge < -0.3 is 15.4 Å². The number of nitrogens with one attached hydrogen (secondary N) is 2. The molecule has 0 unspecified atom stereocenters. The first kappa shape index (κ1) is 19.0. The zero-order valence-corrected chi connectivity index (χ0v) is 16.0. The summed E-state index contributed by atoms with van der Waals surface area (Å²) in [6.45, 7) is 4.50. The molecule has 1 heterocycles. The molecule has 1 fully saturated rings. The summed E-state index contributed by atoms with van der Waals surface area (Å²) in [7, 11) is 0. The Labute approximate surface area is 162 Å². The van der Waals surface area contributed by atoms with E-state index in [4.69, 9.17) is 4.74 Å². The molecular weight excluding hydrogens is 362 g/mol. The lowest BCUT2D eigenvalue weighted by molar-refractivity contribution is -0.122.